The summed E-state index contributed by atoms with van der Waals surface area (Å²) in [4.78, 5) is 38.3. The van der Waals surface area contributed by atoms with Crippen molar-refractivity contribution in [3.63, 3.8) is 0 Å². The molecule has 1 unspecified atom stereocenters. The van der Waals surface area contributed by atoms with Crippen LogP contribution in [0.5, 0.6) is 0 Å². The fraction of sp³-hybridized carbons (Fsp3) is 0.649. The number of rotatable bonds is 61. The molecule has 0 aromatic carbocycles. The molecule has 6 heteroatoms. The number of carbonyl (C=O) groups is 3. The molecule has 0 aliphatic rings. The largest absolute Gasteiger partial charge is 0.462 e. The van der Waals surface area contributed by atoms with Gasteiger partial charge in [-0.2, -0.15) is 0 Å². The van der Waals surface area contributed by atoms with E-state index in [0.29, 0.717) is 19.3 Å². The molecule has 0 radical (unpaired) electrons. The maximum Gasteiger partial charge on any atom is 0.306 e. The molecule has 6 nitrogen and oxygen atoms in total. The van der Waals surface area contributed by atoms with Crippen molar-refractivity contribution < 1.29 is 28.6 Å². The van der Waals surface area contributed by atoms with Gasteiger partial charge in [0.2, 0.25) is 0 Å². The summed E-state index contributed by atoms with van der Waals surface area (Å²) in [6.07, 6.45) is 100. The Balaban J connectivity index is 4.35. The second-order valence-electron chi connectivity index (χ2n) is 22.3. The number of carbonyl (C=O) groups excluding carboxylic acids is 3. The molecule has 0 spiro atoms. The highest BCUT2D eigenvalue weighted by Crippen LogP contribution is 2.16. The third-order valence-electron chi connectivity index (χ3n) is 14.3. The van der Waals surface area contributed by atoms with E-state index in [1.165, 1.54) is 128 Å². The van der Waals surface area contributed by atoms with Gasteiger partial charge in [0.15, 0.2) is 6.10 Å². The van der Waals surface area contributed by atoms with E-state index >= 15 is 0 Å². The fourth-order valence-electron chi connectivity index (χ4n) is 9.27. The van der Waals surface area contributed by atoms with E-state index in [9.17, 15) is 14.4 Å². The third kappa shape index (κ3) is 68.0. The monoisotopic (exact) mass is 1150 g/mol. The Morgan fingerprint density at radius 1 is 0.253 bits per heavy atom. The fourth-order valence-corrected chi connectivity index (χ4v) is 9.27. The van der Waals surface area contributed by atoms with Crippen LogP contribution in [0.4, 0.5) is 0 Å². The molecule has 0 N–H and O–H groups in total. The molecule has 83 heavy (non-hydrogen) atoms. The summed E-state index contributed by atoms with van der Waals surface area (Å²) in [7, 11) is 0. The second-order valence-corrected chi connectivity index (χ2v) is 22.3. The highest BCUT2D eigenvalue weighted by atomic mass is 16.6. The van der Waals surface area contributed by atoms with Gasteiger partial charge in [0.05, 0.1) is 0 Å². The predicted octanol–water partition coefficient (Wildman–Crippen LogP) is 23.9. The van der Waals surface area contributed by atoms with Crippen LogP contribution in [0.1, 0.15) is 303 Å². The molecule has 0 fully saturated rings. The molecule has 0 aromatic heterocycles. The normalized spacial score (nSPS) is 13.0. The van der Waals surface area contributed by atoms with E-state index < -0.39 is 6.10 Å². The molecular formula is C77H126O6. The third-order valence-corrected chi connectivity index (χ3v) is 14.3. The molecule has 0 aromatic rings. The Bertz CT molecular complexity index is 1800. The summed E-state index contributed by atoms with van der Waals surface area (Å²) in [6, 6.07) is 0. The SMILES string of the molecule is CC/C=C\C/C=C\C/C=C\C/C=C\C/C=C\C/C=C\C/C=C\C/C=C\CCCCC(=O)OCC(COC(=O)CCCCCCCCCCCCC)OC(=O)CCCCCCCCCCCCCCCC/C=C\C/C=C\C/C=C\C/C=C\CC. The maximum atomic E-state index is 12.9. The van der Waals surface area contributed by atoms with Gasteiger partial charge in [-0.1, -0.05) is 308 Å². The zero-order chi connectivity index (χ0) is 59.9. The molecule has 0 saturated heterocycles. The van der Waals surface area contributed by atoms with Crippen molar-refractivity contribution in [3.05, 3.63) is 146 Å². The van der Waals surface area contributed by atoms with Crippen LogP contribution >= 0.6 is 0 Å². The summed E-state index contributed by atoms with van der Waals surface area (Å²) in [5.41, 5.74) is 0. The number of ether oxygens (including phenoxy) is 3. The minimum atomic E-state index is -0.801. The van der Waals surface area contributed by atoms with Gasteiger partial charge in [0.1, 0.15) is 13.2 Å². The quantitative estimate of drug-likeness (QED) is 0.0261. The van der Waals surface area contributed by atoms with Gasteiger partial charge in [-0.15, -0.1) is 0 Å². The lowest BCUT2D eigenvalue weighted by atomic mass is 10.0. The number of unbranched alkanes of at least 4 members (excludes halogenated alkanes) is 26. The van der Waals surface area contributed by atoms with Crippen LogP contribution in [0.15, 0.2) is 146 Å². The summed E-state index contributed by atoms with van der Waals surface area (Å²) in [5, 5.41) is 0. The number of hydrogen-bond donors (Lipinski definition) is 0. The van der Waals surface area contributed by atoms with Crippen molar-refractivity contribution >= 4 is 17.9 Å². The molecule has 0 amide bonds. The van der Waals surface area contributed by atoms with E-state index in [2.05, 4.69) is 167 Å². The lowest BCUT2D eigenvalue weighted by Crippen LogP contribution is -2.30. The Hall–Kier alpha value is -4.71. The minimum Gasteiger partial charge on any atom is -0.462 e. The van der Waals surface area contributed by atoms with Crippen LogP contribution in [-0.2, 0) is 28.6 Å². The first-order valence-electron chi connectivity index (χ1n) is 34.3. The zero-order valence-electron chi connectivity index (χ0n) is 53.9. The van der Waals surface area contributed by atoms with Crippen LogP contribution in [0, 0.1) is 0 Å². The van der Waals surface area contributed by atoms with Crippen LogP contribution in [-0.4, -0.2) is 37.2 Å². The topological polar surface area (TPSA) is 78.9 Å². The highest BCUT2D eigenvalue weighted by Gasteiger charge is 2.19. The standard InChI is InChI=1S/C77H126O6/c1-4-7-10-13-16-19-22-24-26-28-30-32-34-36-38-40-42-44-46-48-50-52-55-58-61-64-67-70-76(79)82-73-74(72-81-75(78)69-66-63-60-57-54-21-18-15-12-9-6-3)83-77(80)71-68-65-62-59-56-53-51-49-47-45-43-41-39-37-35-33-31-29-27-25-23-20-17-14-11-8-5-2/h7-8,10-11,16-17,19-20,24-27,30-33,36,38,42,44,48,50,55,58,74H,4-6,9,12-15,18,21-23,28-29,34-35,37,39-41,43,45-47,49,51-54,56-57,59-73H2,1-3H3/b10-7-,11-8-,19-16-,20-17-,26-24-,27-25-,32-30-,33-31-,38-36-,44-42-,50-48-,58-55-. The predicted molar refractivity (Wildman–Crippen MR) is 362 cm³/mol. The highest BCUT2D eigenvalue weighted by molar-refractivity contribution is 5.71. The molecule has 470 valence electrons. The van der Waals surface area contributed by atoms with Crippen LogP contribution in [0.2, 0.25) is 0 Å². The van der Waals surface area contributed by atoms with Crippen molar-refractivity contribution in [2.75, 3.05) is 13.2 Å². The van der Waals surface area contributed by atoms with Gasteiger partial charge in [0.25, 0.3) is 0 Å². The van der Waals surface area contributed by atoms with E-state index in [0.717, 1.165) is 135 Å². The van der Waals surface area contributed by atoms with E-state index in [-0.39, 0.29) is 31.1 Å². The van der Waals surface area contributed by atoms with Crippen LogP contribution < -0.4 is 0 Å². The Labute approximate surface area is 512 Å². The van der Waals surface area contributed by atoms with Crippen molar-refractivity contribution in [1.29, 1.82) is 0 Å². The van der Waals surface area contributed by atoms with Crippen molar-refractivity contribution in [1.82, 2.24) is 0 Å². The molecule has 1 atom stereocenters. The molecular weight excluding hydrogens is 1020 g/mol. The Kier molecular flexibility index (Phi) is 65.8. The first-order chi connectivity index (χ1) is 41.0. The molecule has 0 heterocycles. The molecule has 0 bridgehead atoms. The first-order valence-corrected chi connectivity index (χ1v) is 34.3. The van der Waals surface area contributed by atoms with E-state index in [1.807, 2.05) is 0 Å². The van der Waals surface area contributed by atoms with Crippen molar-refractivity contribution in [3.8, 4) is 0 Å². The Morgan fingerprint density at radius 3 is 0.759 bits per heavy atom. The maximum absolute atomic E-state index is 12.9. The van der Waals surface area contributed by atoms with E-state index in [1.54, 1.807) is 0 Å². The van der Waals surface area contributed by atoms with E-state index in [4.69, 9.17) is 14.2 Å². The summed E-state index contributed by atoms with van der Waals surface area (Å²) in [6.45, 7) is 6.39. The van der Waals surface area contributed by atoms with Crippen molar-refractivity contribution in [2.45, 2.75) is 309 Å². The van der Waals surface area contributed by atoms with Gasteiger partial charge < -0.3 is 14.2 Å². The zero-order valence-corrected chi connectivity index (χ0v) is 53.9. The lowest BCUT2D eigenvalue weighted by Gasteiger charge is -2.18. The molecule has 0 rings (SSSR count). The summed E-state index contributed by atoms with van der Waals surface area (Å²) >= 11 is 0. The average molecular weight is 1150 g/mol. The van der Waals surface area contributed by atoms with Crippen molar-refractivity contribution in [2.24, 2.45) is 0 Å². The van der Waals surface area contributed by atoms with Gasteiger partial charge in [-0.3, -0.25) is 14.4 Å². The van der Waals surface area contributed by atoms with Crippen LogP contribution in [0.25, 0.3) is 0 Å². The lowest BCUT2D eigenvalue weighted by molar-refractivity contribution is -0.167. The van der Waals surface area contributed by atoms with Gasteiger partial charge in [-0.05, 0) is 122 Å². The first kappa shape index (κ1) is 78.3. The average Bonchev–Trinajstić information content (AvgIpc) is 3.48. The van der Waals surface area contributed by atoms with Gasteiger partial charge in [-0.25, -0.2) is 0 Å². The number of allylic oxidation sites excluding steroid dienone is 24. The Morgan fingerprint density at radius 2 is 0.470 bits per heavy atom. The summed E-state index contributed by atoms with van der Waals surface area (Å²) < 4.78 is 16.9. The molecule has 0 aliphatic heterocycles. The smallest absolute Gasteiger partial charge is 0.306 e. The number of hydrogen-bond acceptors (Lipinski definition) is 6. The van der Waals surface area contributed by atoms with Crippen LogP contribution in [0.3, 0.4) is 0 Å². The molecule has 0 aliphatic carbocycles. The number of esters is 3. The second kappa shape index (κ2) is 69.8. The minimum absolute atomic E-state index is 0.0935. The van der Waals surface area contributed by atoms with Gasteiger partial charge in [0, 0.05) is 19.3 Å². The molecule has 0 saturated carbocycles. The summed E-state index contributed by atoms with van der Waals surface area (Å²) in [5.74, 6) is -0.936. The van der Waals surface area contributed by atoms with Gasteiger partial charge >= 0.3 is 17.9 Å².